The molecule has 0 aliphatic carbocycles. The van der Waals surface area contributed by atoms with Crippen LogP contribution in [0, 0.1) is 10.1 Å². The zero-order valence-electron chi connectivity index (χ0n) is 13.3. The van der Waals surface area contributed by atoms with E-state index in [0.717, 1.165) is 6.07 Å². The Kier molecular flexibility index (Phi) is 6.09. The fraction of sp³-hybridized carbons (Fsp3) is 0.0625. The summed E-state index contributed by atoms with van der Waals surface area (Å²) in [5, 5.41) is 13.3. The molecule has 0 unspecified atom stereocenters. The molecule has 1 amide bonds. The minimum Gasteiger partial charge on any atom is -0.322 e. The van der Waals surface area contributed by atoms with Crippen LogP contribution in [-0.2, 0) is 10.0 Å². The van der Waals surface area contributed by atoms with Crippen molar-refractivity contribution in [1.29, 1.82) is 0 Å². The minimum absolute atomic E-state index is 0.0273. The third kappa shape index (κ3) is 4.66. The van der Waals surface area contributed by atoms with Gasteiger partial charge < -0.3 is 5.32 Å². The molecule has 0 bridgehead atoms. The molecule has 0 aromatic heterocycles. The molecule has 0 atom stereocenters. The minimum atomic E-state index is -3.66. The largest absolute Gasteiger partial charge is 0.322 e. The highest BCUT2D eigenvalue weighted by Gasteiger charge is 2.17. The number of nitro groups is 1. The van der Waals surface area contributed by atoms with Gasteiger partial charge in [0.15, 0.2) is 0 Å². The Labute approximate surface area is 154 Å². The van der Waals surface area contributed by atoms with Crippen LogP contribution in [0.15, 0.2) is 60.0 Å². The van der Waals surface area contributed by atoms with Crippen LogP contribution < -0.4 is 10.0 Å². The molecule has 0 saturated carbocycles. The first kappa shape index (κ1) is 19.6. The van der Waals surface area contributed by atoms with Gasteiger partial charge in [-0.05, 0) is 36.4 Å². The molecule has 136 valence electrons. The van der Waals surface area contributed by atoms with Crippen LogP contribution in [0.2, 0.25) is 5.02 Å². The Morgan fingerprint density at radius 3 is 2.46 bits per heavy atom. The van der Waals surface area contributed by atoms with Gasteiger partial charge >= 0.3 is 0 Å². The molecule has 2 aromatic carbocycles. The Balaban J connectivity index is 2.16. The Hall–Kier alpha value is -2.75. The number of anilines is 1. The number of rotatable bonds is 7. The predicted octanol–water partition coefficient (Wildman–Crippen LogP) is 2.96. The van der Waals surface area contributed by atoms with E-state index in [4.69, 9.17) is 11.6 Å². The number of nitrogens with one attached hydrogen (secondary N) is 2. The molecule has 2 rings (SSSR count). The molecule has 0 saturated heterocycles. The molecule has 0 spiro atoms. The van der Waals surface area contributed by atoms with Crippen molar-refractivity contribution in [3.8, 4) is 0 Å². The lowest BCUT2D eigenvalue weighted by Crippen LogP contribution is -2.23. The van der Waals surface area contributed by atoms with Crippen LogP contribution in [0.4, 0.5) is 11.4 Å². The van der Waals surface area contributed by atoms with Crippen molar-refractivity contribution in [3.05, 3.63) is 75.8 Å². The van der Waals surface area contributed by atoms with Crippen LogP contribution in [-0.4, -0.2) is 25.8 Å². The molecule has 0 aliphatic heterocycles. The predicted molar refractivity (Wildman–Crippen MR) is 97.9 cm³/mol. The lowest BCUT2D eigenvalue weighted by atomic mass is 10.2. The van der Waals surface area contributed by atoms with Crippen molar-refractivity contribution in [2.24, 2.45) is 0 Å². The highest BCUT2D eigenvalue weighted by molar-refractivity contribution is 7.89. The first-order valence-electron chi connectivity index (χ1n) is 7.20. The quantitative estimate of drug-likeness (QED) is 0.424. The van der Waals surface area contributed by atoms with Gasteiger partial charge in [-0.2, -0.15) is 0 Å². The molecule has 0 heterocycles. The van der Waals surface area contributed by atoms with Gasteiger partial charge in [-0.25, -0.2) is 13.1 Å². The van der Waals surface area contributed by atoms with E-state index in [1.165, 1.54) is 42.5 Å². The molecule has 0 aliphatic rings. The standard InChI is InChI=1S/C16H14ClN3O5S/c1-2-9-18-26(24,25)13-6-4-12(5-7-13)19-16(21)11-3-8-14(17)15(10-11)20(22)23/h2-8,10,18H,1,9H2,(H,19,21). The molecule has 2 N–H and O–H groups in total. The van der Waals surface area contributed by atoms with Crippen molar-refractivity contribution in [3.63, 3.8) is 0 Å². The van der Waals surface area contributed by atoms with E-state index in [1.807, 2.05) is 0 Å². The van der Waals surface area contributed by atoms with Gasteiger partial charge in [0.05, 0.1) is 9.82 Å². The second-order valence-corrected chi connectivity index (χ2v) is 7.22. The first-order chi connectivity index (χ1) is 12.2. The summed E-state index contributed by atoms with van der Waals surface area (Å²) in [6, 6.07) is 9.14. The maximum absolute atomic E-state index is 12.2. The summed E-state index contributed by atoms with van der Waals surface area (Å²) in [5.41, 5.74) is -0.00484. The lowest BCUT2D eigenvalue weighted by Gasteiger charge is -2.08. The normalized spacial score (nSPS) is 11.0. The van der Waals surface area contributed by atoms with E-state index in [1.54, 1.807) is 0 Å². The first-order valence-corrected chi connectivity index (χ1v) is 9.06. The van der Waals surface area contributed by atoms with Gasteiger partial charge in [-0.1, -0.05) is 17.7 Å². The van der Waals surface area contributed by atoms with Crippen LogP contribution in [0.5, 0.6) is 0 Å². The number of nitro benzene ring substituents is 1. The second-order valence-electron chi connectivity index (χ2n) is 5.04. The molecule has 0 fully saturated rings. The summed E-state index contributed by atoms with van der Waals surface area (Å²) in [6.07, 6.45) is 1.41. The number of nitrogens with zero attached hydrogens (tertiary/aromatic N) is 1. The zero-order chi connectivity index (χ0) is 19.3. The topological polar surface area (TPSA) is 118 Å². The summed E-state index contributed by atoms with van der Waals surface area (Å²) in [7, 11) is -3.66. The highest BCUT2D eigenvalue weighted by Crippen LogP contribution is 2.25. The maximum Gasteiger partial charge on any atom is 0.288 e. The van der Waals surface area contributed by atoms with Gasteiger partial charge in [0.1, 0.15) is 5.02 Å². The van der Waals surface area contributed by atoms with E-state index in [9.17, 15) is 23.3 Å². The van der Waals surface area contributed by atoms with Crippen LogP contribution in [0.25, 0.3) is 0 Å². The number of benzene rings is 2. The molecular formula is C16H14ClN3O5S. The monoisotopic (exact) mass is 395 g/mol. The van der Waals surface area contributed by atoms with Crippen LogP contribution >= 0.6 is 11.6 Å². The molecule has 26 heavy (non-hydrogen) atoms. The summed E-state index contributed by atoms with van der Waals surface area (Å²) in [5.74, 6) is -0.592. The number of carbonyl (C=O) groups is 1. The van der Waals surface area contributed by atoms with Crippen molar-refractivity contribution < 1.29 is 18.1 Å². The Morgan fingerprint density at radius 1 is 1.23 bits per heavy atom. The fourth-order valence-corrected chi connectivity index (χ4v) is 3.15. The number of halogens is 1. The van der Waals surface area contributed by atoms with E-state index >= 15 is 0 Å². The summed E-state index contributed by atoms with van der Waals surface area (Å²) >= 11 is 5.71. The Morgan fingerprint density at radius 2 is 1.88 bits per heavy atom. The number of hydrogen-bond acceptors (Lipinski definition) is 5. The molecular weight excluding hydrogens is 382 g/mol. The Bertz CT molecular complexity index is 958. The van der Waals surface area contributed by atoms with Gasteiger partial charge in [-0.3, -0.25) is 14.9 Å². The van der Waals surface area contributed by atoms with Crippen molar-refractivity contribution >= 4 is 38.9 Å². The van der Waals surface area contributed by atoms with Crippen molar-refractivity contribution in [2.75, 3.05) is 11.9 Å². The van der Waals surface area contributed by atoms with Crippen LogP contribution in [0.1, 0.15) is 10.4 Å². The van der Waals surface area contributed by atoms with E-state index in [-0.39, 0.29) is 27.7 Å². The number of sulfonamides is 1. The van der Waals surface area contributed by atoms with Crippen LogP contribution in [0.3, 0.4) is 0 Å². The number of hydrogen-bond donors (Lipinski definition) is 2. The van der Waals surface area contributed by atoms with E-state index in [2.05, 4.69) is 16.6 Å². The third-order valence-electron chi connectivity index (χ3n) is 3.25. The van der Waals surface area contributed by atoms with Gasteiger partial charge in [-0.15, -0.1) is 6.58 Å². The van der Waals surface area contributed by atoms with Crippen molar-refractivity contribution in [1.82, 2.24) is 4.72 Å². The van der Waals surface area contributed by atoms with Gasteiger partial charge in [0.25, 0.3) is 11.6 Å². The molecule has 10 heteroatoms. The van der Waals surface area contributed by atoms with E-state index in [0.29, 0.717) is 5.69 Å². The van der Waals surface area contributed by atoms with Gasteiger partial charge in [0.2, 0.25) is 10.0 Å². The smallest absolute Gasteiger partial charge is 0.288 e. The third-order valence-corrected chi connectivity index (χ3v) is 5.00. The molecule has 8 nitrogen and oxygen atoms in total. The second kappa shape index (κ2) is 8.09. The van der Waals surface area contributed by atoms with Crippen molar-refractivity contribution in [2.45, 2.75) is 4.90 Å². The zero-order valence-corrected chi connectivity index (χ0v) is 14.9. The summed E-state index contributed by atoms with van der Waals surface area (Å²) in [4.78, 5) is 22.4. The fourth-order valence-electron chi connectivity index (χ4n) is 1.97. The van der Waals surface area contributed by atoms with Gasteiger partial charge in [0, 0.05) is 23.9 Å². The lowest BCUT2D eigenvalue weighted by molar-refractivity contribution is -0.384. The molecule has 2 aromatic rings. The maximum atomic E-state index is 12.2. The summed E-state index contributed by atoms with van der Waals surface area (Å²) < 4.78 is 26.2. The average Bonchev–Trinajstić information content (AvgIpc) is 2.60. The summed E-state index contributed by atoms with van der Waals surface area (Å²) in [6.45, 7) is 3.52. The SMILES string of the molecule is C=CCNS(=O)(=O)c1ccc(NC(=O)c2ccc(Cl)c([N+](=O)[O-])c2)cc1. The highest BCUT2D eigenvalue weighted by atomic mass is 35.5. The average molecular weight is 396 g/mol. The number of carbonyl (C=O) groups excluding carboxylic acids is 1. The molecule has 0 radical (unpaired) electrons. The van der Waals surface area contributed by atoms with E-state index < -0.39 is 20.9 Å². The number of amides is 1.